The second-order valence-corrected chi connectivity index (χ2v) is 4.69. The summed E-state index contributed by atoms with van der Waals surface area (Å²) in [6.07, 6.45) is 3.22. The number of rotatable bonds is 2. The average molecular weight is 248 g/mol. The van der Waals surface area contributed by atoms with Crippen molar-refractivity contribution in [3.8, 4) is 0 Å². The van der Waals surface area contributed by atoms with Gasteiger partial charge in [-0.15, -0.1) is 0 Å². The van der Waals surface area contributed by atoms with Crippen molar-refractivity contribution in [1.82, 2.24) is 5.32 Å². The maximum atomic E-state index is 13.1. The van der Waals surface area contributed by atoms with Crippen molar-refractivity contribution >= 4 is 23.2 Å². The van der Waals surface area contributed by atoms with Gasteiger partial charge in [0.05, 0.1) is 10.0 Å². The zero-order valence-electron chi connectivity index (χ0n) is 8.19. The topological polar surface area (TPSA) is 12.0 Å². The molecule has 0 bridgehead atoms. The molecule has 1 fully saturated rings. The molecule has 1 aliphatic rings. The molecular formula is C11H12Cl2FN. The van der Waals surface area contributed by atoms with Gasteiger partial charge in [-0.05, 0) is 43.5 Å². The Kier molecular flexibility index (Phi) is 3.49. The van der Waals surface area contributed by atoms with Crippen LogP contribution in [0.3, 0.4) is 0 Å². The first-order valence-corrected chi connectivity index (χ1v) is 5.79. The first kappa shape index (κ1) is 11.2. The van der Waals surface area contributed by atoms with Crippen LogP contribution in [0.2, 0.25) is 10.0 Å². The van der Waals surface area contributed by atoms with Crippen LogP contribution in [-0.4, -0.2) is 12.6 Å². The highest BCUT2D eigenvalue weighted by atomic mass is 35.5. The Hall–Kier alpha value is -0.310. The van der Waals surface area contributed by atoms with Crippen LogP contribution < -0.4 is 5.32 Å². The standard InChI is InChI=1S/C11H12Cl2FN/c12-9-5-7(6-10(13)11(9)14)4-8-2-1-3-15-8/h5-6,8,15H,1-4H2. The monoisotopic (exact) mass is 247 g/mol. The summed E-state index contributed by atoms with van der Waals surface area (Å²) in [5, 5.41) is 3.59. The molecule has 1 aromatic rings. The summed E-state index contributed by atoms with van der Waals surface area (Å²) in [7, 11) is 0. The van der Waals surface area contributed by atoms with Gasteiger partial charge in [0.25, 0.3) is 0 Å². The second kappa shape index (κ2) is 4.69. The molecular weight excluding hydrogens is 236 g/mol. The predicted molar refractivity (Wildman–Crippen MR) is 61.1 cm³/mol. The lowest BCUT2D eigenvalue weighted by Crippen LogP contribution is -2.23. The van der Waals surface area contributed by atoms with Gasteiger partial charge in [0.1, 0.15) is 0 Å². The zero-order valence-corrected chi connectivity index (χ0v) is 9.71. The fourth-order valence-corrected chi connectivity index (χ4v) is 2.47. The van der Waals surface area contributed by atoms with Gasteiger partial charge in [-0.3, -0.25) is 0 Å². The second-order valence-electron chi connectivity index (χ2n) is 3.87. The van der Waals surface area contributed by atoms with Crippen molar-refractivity contribution in [2.45, 2.75) is 25.3 Å². The van der Waals surface area contributed by atoms with E-state index in [0.717, 1.165) is 24.9 Å². The number of benzene rings is 1. The Morgan fingerprint density at radius 1 is 1.33 bits per heavy atom. The summed E-state index contributed by atoms with van der Waals surface area (Å²) in [5.41, 5.74) is 0.991. The van der Waals surface area contributed by atoms with Crippen LogP contribution in [0, 0.1) is 5.82 Å². The van der Waals surface area contributed by atoms with E-state index in [-0.39, 0.29) is 10.0 Å². The van der Waals surface area contributed by atoms with Crippen LogP contribution in [0.1, 0.15) is 18.4 Å². The Labute approximate surface area is 98.6 Å². The van der Waals surface area contributed by atoms with Gasteiger partial charge in [0, 0.05) is 6.04 Å². The zero-order chi connectivity index (χ0) is 10.8. The molecule has 1 nitrogen and oxygen atoms in total. The van der Waals surface area contributed by atoms with Crippen molar-refractivity contribution in [2.75, 3.05) is 6.54 Å². The SMILES string of the molecule is Fc1c(Cl)cc(CC2CCCN2)cc1Cl. The largest absolute Gasteiger partial charge is 0.314 e. The first-order valence-electron chi connectivity index (χ1n) is 5.03. The van der Waals surface area contributed by atoms with Crippen LogP contribution in [0.15, 0.2) is 12.1 Å². The van der Waals surface area contributed by atoms with Crippen molar-refractivity contribution < 1.29 is 4.39 Å². The molecule has 1 aromatic carbocycles. The van der Waals surface area contributed by atoms with Gasteiger partial charge in [0.2, 0.25) is 0 Å². The molecule has 4 heteroatoms. The van der Waals surface area contributed by atoms with Gasteiger partial charge < -0.3 is 5.32 Å². The molecule has 1 atom stereocenters. The maximum absolute atomic E-state index is 13.1. The van der Waals surface area contributed by atoms with Crippen LogP contribution in [0.4, 0.5) is 4.39 Å². The van der Waals surface area contributed by atoms with E-state index in [4.69, 9.17) is 23.2 Å². The van der Waals surface area contributed by atoms with Crippen molar-refractivity contribution in [1.29, 1.82) is 0 Å². The molecule has 0 radical (unpaired) electrons. The van der Waals surface area contributed by atoms with Crippen LogP contribution in [0.25, 0.3) is 0 Å². The molecule has 0 spiro atoms. The summed E-state index contributed by atoms with van der Waals surface area (Å²) in [5.74, 6) is -0.526. The summed E-state index contributed by atoms with van der Waals surface area (Å²) in [6, 6.07) is 3.79. The molecule has 2 rings (SSSR count). The summed E-state index contributed by atoms with van der Waals surface area (Å²) in [4.78, 5) is 0. The van der Waals surface area contributed by atoms with E-state index >= 15 is 0 Å². The summed E-state index contributed by atoms with van der Waals surface area (Å²) >= 11 is 11.4. The molecule has 0 aliphatic carbocycles. The summed E-state index contributed by atoms with van der Waals surface area (Å²) in [6.45, 7) is 1.06. The van der Waals surface area contributed by atoms with Crippen LogP contribution in [0.5, 0.6) is 0 Å². The van der Waals surface area contributed by atoms with E-state index in [1.165, 1.54) is 6.42 Å². The maximum Gasteiger partial charge on any atom is 0.160 e. The normalized spacial score (nSPS) is 20.9. The molecule has 15 heavy (non-hydrogen) atoms. The lowest BCUT2D eigenvalue weighted by molar-refractivity contribution is 0.599. The third kappa shape index (κ3) is 2.63. The van der Waals surface area contributed by atoms with Gasteiger partial charge in [0.15, 0.2) is 5.82 Å². The average Bonchev–Trinajstić information content (AvgIpc) is 2.66. The number of hydrogen-bond acceptors (Lipinski definition) is 1. The van der Waals surface area contributed by atoms with Gasteiger partial charge in [-0.2, -0.15) is 0 Å². The molecule has 0 aromatic heterocycles. The molecule has 1 heterocycles. The number of hydrogen-bond donors (Lipinski definition) is 1. The lowest BCUT2D eigenvalue weighted by Gasteiger charge is -2.11. The van der Waals surface area contributed by atoms with E-state index in [9.17, 15) is 4.39 Å². The van der Waals surface area contributed by atoms with Crippen LogP contribution >= 0.6 is 23.2 Å². The highest BCUT2D eigenvalue weighted by molar-refractivity contribution is 6.34. The Balaban J connectivity index is 2.14. The molecule has 0 amide bonds. The van der Waals surface area contributed by atoms with E-state index < -0.39 is 5.82 Å². The van der Waals surface area contributed by atoms with E-state index in [0.29, 0.717) is 6.04 Å². The molecule has 0 saturated carbocycles. The van der Waals surface area contributed by atoms with Crippen molar-refractivity contribution in [2.24, 2.45) is 0 Å². The Morgan fingerprint density at radius 3 is 2.53 bits per heavy atom. The minimum Gasteiger partial charge on any atom is -0.314 e. The van der Waals surface area contributed by atoms with Gasteiger partial charge in [-0.25, -0.2) is 4.39 Å². The Morgan fingerprint density at radius 2 is 2.00 bits per heavy atom. The van der Waals surface area contributed by atoms with Gasteiger partial charge >= 0.3 is 0 Å². The third-order valence-electron chi connectivity index (χ3n) is 2.69. The third-order valence-corrected chi connectivity index (χ3v) is 3.24. The first-order chi connectivity index (χ1) is 7.16. The quantitative estimate of drug-likeness (QED) is 0.790. The minimum atomic E-state index is -0.526. The smallest absolute Gasteiger partial charge is 0.160 e. The lowest BCUT2D eigenvalue weighted by atomic mass is 10.0. The highest BCUT2D eigenvalue weighted by Gasteiger charge is 2.16. The van der Waals surface area contributed by atoms with E-state index in [2.05, 4.69) is 5.32 Å². The number of halogens is 3. The summed E-state index contributed by atoms with van der Waals surface area (Å²) < 4.78 is 13.1. The molecule has 1 N–H and O–H groups in total. The van der Waals surface area contributed by atoms with Crippen LogP contribution in [-0.2, 0) is 6.42 Å². The highest BCUT2D eigenvalue weighted by Crippen LogP contribution is 2.26. The molecule has 82 valence electrons. The minimum absolute atomic E-state index is 0.107. The van der Waals surface area contributed by atoms with Crippen molar-refractivity contribution in [3.05, 3.63) is 33.6 Å². The van der Waals surface area contributed by atoms with Crippen molar-refractivity contribution in [3.63, 3.8) is 0 Å². The molecule has 1 unspecified atom stereocenters. The van der Waals surface area contributed by atoms with E-state index in [1.54, 1.807) is 12.1 Å². The Bertz CT molecular complexity index is 339. The van der Waals surface area contributed by atoms with E-state index in [1.807, 2.05) is 0 Å². The van der Waals surface area contributed by atoms with Gasteiger partial charge in [-0.1, -0.05) is 23.2 Å². The molecule has 1 aliphatic heterocycles. The fraction of sp³-hybridized carbons (Fsp3) is 0.455. The fourth-order valence-electron chi connectivity index (χ4n) is 1.94. The molecule has 1 saturated heterocycles. The predicted octanol–water partition coefficient (Wildman–Crippen LogP) is 3.43. The number of nitrogens with one attached hydrogen (secondary N) is 1.